The van der Waals surface area contributed by atoms with E-state index in [4.69, 9.17) is 9.47 Å². The molecule has 1 N–H and O–H groups in total. The van der Waals surface area contributed by atoms with Crippen molar-refractivity contribution in [3.63, 3.8) is 0 Å². The number of rotatable bonds is 8. The van der Waals surface area contributed by atoms with Crippen LogP contribution in [0.4, 0.5) is 10.5 Å². The molecule has 0 aliphatic carbocycles. The van der Waals surface area contributed by atoms with E-state index in [0.29, 0.717) is 37.2 Å². The van der Waals surface area contributed by atoms with Crippen molar-refractivity contribution in [3.05, 3.63) is 58.1 Å². The quantitative estimate of drug-likeness (QED) is 0.305. The summed E-state index contributed by atoms with van der Waals surface area (Å²) in [6.07, 6.45) is 0.579. The van der Waals surface area contributed by atoms with E-state index in [1.807, 2.05) is 0 Å². The number of alkyl carbamates (subject to hydrolysis) is 1. The van der Waals surface area contributed by atoms with Crippen LogP contribution in [-0.4, -0.2) is 36.1 Å². The Labute approximate surface area is 169 Å². The molecule has 0 fully saturated rings. The molecule has 0 heterocycles. The number of nitro groups is 1. The number of hydrogen-bond donors (Lipinski definition) is 1. The lowest BCUT2D eigenvalue weighted by molar-refractivity contribution is -0.385. The Morgan fingerprint density at radius 2 is 1.90 bits per heavy atom. The van der Waals surface area contributed by atoms with Gasteiger partial charge in [-0.25, -0.2) is 4.79 Å². The monoisotopic (exact) mass is 400 g/mol. The highest BCUT2D eigenvalue weighted by molar-refractivity contribution is 5.84. The molecule has 0 aliphatic rings. The lowest BCUT2D eigenvalue weighted by atomic mass is 10.0. The minimum absolute atomic E-state index is 0.0311. The second kappa shape index (κ2) is 9.68. The Hall–Kier alpha value is -3.42. The third kappa shape index (κ3) is 6.91. The summed E-state index contributed by atoms with van der Waals surface area (Å²) in [5, 5.41) is 13.8. The summed E-state index contributed by atoms with van der Waals surface area (Å²) in [6, 6.07) is 11.6. The Balaban J connectivity index is 1.93. The van der Waals surface area contributed by atoms with Crippen LogP contribution in [0.2, 0.25) is 0 Å². The van der Waals surface area contributed by atoms with Crippen LogP contribution in [0.5, 0.6) is 5.75 Å². The van der Waals surface area contributed by atoms with Gasteiger partial charge in [-0.3, -0.25) is 14.9 Å². The largest absolute Gasteiger partial charge is 0.494 e. The lowest BCUT2D eigenvalue weighted by Crippen LogP contribution is -2.33. The average Bonchev–Trinajstić information content (AvgIpc) is 2.66. The van der Waals surface area contributed by atoms with Crippen molar-refractivity contribution in [2.45, 2.75) is 32.8 Å². The predicted molar refractivity (Wildman–Crippen MR) is 108 cm³/mol. The average molecular weight is 400 g/mol. The van der Waals surface area contributed by atoms with E-state index in [1.54, 1.807) is 51.1 Å². The predicted octanol–water partition coefficient (Wildman–Crippen LogP) is 4.37. The van der Waals surface area contributed by atoms with Crippen molar-refractivity contribution >= 4 is 18.1 Å². The molecular formula is C21H24N2O6. The Kier molecular flexibility index (Phi) is 7.30. The van der Waals surface area contributed by atoms with E-state index in [1.165, 1.54) is 12.1 Å². The standard InChI is InChI=1S/C21H24N2O6/c1-21(2,3)29-20(25)22-10-5-11-28-18-7-4-6-15(12-18)16-8-9-17(14-24)19(13-16)23(26)27/h4,6-9,12-14H,5,10-11H2,1-3H3,(H,22,25). The van der Waals surface area contributed by atoms with E-state index in [0.717, 1.165) is 5.56 Å². The molecule has 8 heteroatoms. The minimum atomic E-state index is -0.578. The molecule has 0 saturated heterocycles. The van der Waals surface area contributed by atoms with Gasteiger partial charge in [-0.15, -0.1) is 0 Å². The second-order valence-electron chi connectivity index (χ2n) is 7.31. The van der Waals surface area contributed by atoms with Gasteiger partial charge >= 0.3 is 6.09 Å². The third-order valence-electron chi connectivity index (χ3n) is 3.78. The molecule has 1 amide bonds. The number of nitrogens with zero attached hydrogens (tertiary/aromatic N) is 1. The van der Waals surface area contributed by atoms with Crippen molar-refractivity contribution < 1.29 is 24.0 Å². The van der Waals surface area contributed by atoms with Gasteiger partial charge in [-0.1, -0.05) is 18.2 Å². The van der Waals surface area contributed by atoms with Crippen molar-refractivity contribution in [2.24, 2.45) is 0 Å². The minimum Gasteiger partial charge on any atom is -0.494 e. The third-order valence-corrected chi connectivity index (χ3v) is 3.78. The van der Waals surface area contributed by atoms with E-state index in [9.17, 15) is 19.7 Å². The molecule has 0 aliphatic heterocycles. The summed E-state index contributed by atoms with van der Waals surface area (Å²) in [6.45, 7) is 6.18. The summed E-state index contributed by atoms with van der Waals surface area (Å²) in [4.78, 5) is 33.1. The van der Waals surface area contributed by atoms with Gasteiger partial charge in [0.25, 0.3) is 5.69 Å². The number of ether oxygens (including phenoxy) is 2. The maximum Gasteiger partial charge on any atom is 0.407 e. The van der Waals surface area contributed by atoms with Gasteiger partial charge in [0, 0.05) is 12.6 Å². The number of nitro benzene ring substituents is 1. The van der Waals surface area contributed by atoms with Gasteiger partial charge in [0.15, 0.2) is 6.29 Å². The van der Waals surface area contributed by atoms with Crippen molar-refractivity contribution in [2.75, 3.05) is 13.2 Å². The topological polar surface area (TPSA) is 108 Å². The van der Waals surface area contributed by atoms with Crippen molar-refractivity contribution in [1.29, 1.82) is 0 Å². The van der Waals surface area contributed by atoms with Gasteiger partial charge in [0.05, 0.1) is 17.1 Å². The molecule has 0 aromatic heterocycles. The molecule has 0 atom stereocenters. The Morgan fingerprint density at radius 1 is 1.17 bits per heavy atom. The molecule has 154 valence electrons. The maximum atomic E-state index is 11.6. The number of nitrogens with one attached hydrogen (secondary N) is 1. The number of aldehydes is 1. The second-order valence-corrected chi connectivity index (χ2v) is 7.31. The first kappa shape index (κ1) is 21.9. The zero-order valence-corrected chi connectivity index (χ0v) is 16.6. The molecule has 0 saturated carbocycles. The normalized spacial score (nSPS) is 10.9. The van der Waals surface area contributed by atoms with Crippen LogP contribution in [0, 0.1) is 10.1 Å². The zero-order valence-electron chi connectivity index (χ0n) is 16.6. The highest BCUT2D eigenvalue weighted by Crippen LogP contribution is 2.28. The molecule has 0 bridgehead atoms. The van der Waals surface area contributed by atoms with Crippen LogP contribution in [0.3, 0.4) is 0 Å². The van der Waals surface area contributed by atoms with Crippen molar-refractivity contribution in [1.82, 2.24) is 5.32 Å². The smallest absolute Gasteiger partial charge is 0.407 e. The van der Waals surface area contributed by atoms with E-state index < -0.39 is 16.6 Å². The summed E-state index contributed by atoms with van der Waals surface area (Å²) < 4.78 is 10.8. The first-order valence-corrected chi connectivity index (χ1v) is 9.13. The fraction of sp³-hybridized carbons (Fsp3) is 0.333. The molecule has 29 heavy (non-hydrogen) atoms. The highest BCUT2D eigenvalue weighted by Gasteiger charge is 2.16. The Morgan fingerprint density at radius 3 is 2.55 bits per heavy atom. The first-order valence-electron chi connectivity index (χ1n) is 9.13. The summed E-state index contributed by atoms with van der Waals surface area (Å²) in [5.74, 6) is 0.599. The van der Waals surface area contributed by atoms with Crippen LogP contribution < -0.4 is 10.1 Å². The van der Waals surface area contributed by atoms with E-state index >= 15 is 0 Å². The van der Waals surface area contributed by atoms with Gasteiger partial charge < -0.3 is 14.8 Å². The molecule has 2 aromatic carbocycles. The summed E-state index contributed by atoms with van der Waals surface area (Å²) >= 11 is 0. The van der Waals surface area contributed by atoms with Crippen LogP contribution in [0.25, 0.3) is 11.1 Å². The molecule has 8 nitrogen and oxygen atoms in total. The number of benzene rings is 2. The van der Waals surface area contributed by atoms with Crippen LogP contribution in [-0.2, 0) is 4.74 Å². The van der Waals surface area contributed by atoms with E-state index in [-0.39, 0.29) is 11.3 Å². The number of hydrogen-bond acceptors (Lipinski definition) is 6. The molecule has 2 aromatic rings. The fourth-order valence-corrected chi connectivity index (χ4v) is 2.51. The lowest BCUT2D eigenvalue weighted by Gasteiger charge is -2.19. The molecular weight excluding hydrogens is 376 g/mol. The van der Waals surface area contributed by atoms with Crippen LogP contribution >= 0.6 is 0 Å². The molecule has 0 unspecified atom stereocenters. The van der Waals surface area contributed by atoms with Crippen LogP contribution in [0.1, 0.15) is 37.6 Å². The summed E-state index contributed by atoms with van der Waals surface area (Å²) in [7, 11) is 0. The molecule has 0 radical (unpaired) electrons. The first-order chi connectivity index (χ1) is 13.7. The fourth-order valence-electron chi connectivity index (χ4n) is 2.51. The number of amides is 1. The van der Waals surface area contributed by atoms with Crippen LogP contribution in [0.15, 0.2) is 42.5 Å². The zero-order chi connectivity index (χ0) is 21.4. The maximum absolute atomic E-state index is 11.6. The number of carbonyl (C=O) groups is 2. The highest BCUT2D eigenvalue weighted by atomic mass is 16.6. The molecule has 2 rings (SSSR count). The summed E-state index contributed by atoms with van der Waals surface area (Å²) in [5.41, 5.74) is 0.593. The van der Waals surface area contributed by atoms with Crippen molar-refractivity contribution in [3.8, 4) is 16.9 Å². The van der Waals surface area contributed by atoms with Gasteiger partial charge in [0.1, 0.15) is 11.4 Å². The van der Waals surface area contributed by atoms with Gasteiger partial charge in [-0.05, 0) is 56.5 Å². The number of carbonyl (C=O) groups excluding carboxylic acids is 2. The SMILES string of the molecule is CC(C)(C)OC(=O)NCCCOc1cccc(-c2ccc(C=O)c([N+](=O)[O-])c2)c1. The molecule has 0 spiro atoms. The Bertz CT molecular complexity index is 889. The van der Waals surface area contributed by atoms with Gasteiger partial charge in [0.2, 0.25) is 0 Å². The van der Waals surface area contributed by atoms with E-state index in [2.05, 4.69) is 5.32 Å². The van der Waals surface area contributed by atoms with Gasteiger partial charge in [-0.2, -0.15) is 0 Å².